The van der Waals surface area contributed by atoms with Crippen LogP contribution in [0.5, 0.6) is 5.75 Å². The van der Waals surface area contributed by atoms with Crippen molar-refractivity contribution >= 4 is 28.7 Å². The van der Waals surface area contributed by atoms with E-state index >= 15 is 0 Å². The van der Waals surface area contributed by atoms with Gasteiger partial charge in [-0.2, -0.15) is 0 Å². The van der Waals surface area contributed by atoms with Crippen molar-refractivity contribution in [2.45, 2.75) is 24.2 Å². The molecule has 4 aromatic rings. The third kappa shape index (κ3) is 4.80. The largest absolute Gasteiger partial charge is 0.497 e. The van der Waals surface area contributed by atoms with Gasteiger partial charge in [0.15, 0.2) is 0 Å². The maximum atomic E-state index is 12.8. The summed E-state index contributed by atoms with van der Waals surface area (Å²) in [4.78, 5) is 25.5. The first-order chi connectivity index (χ1) is 15.0. The minimum Gasteiger partial charge on any atom is -0.497 e. The minimum atomic E-state index is -0.523. The Morgan fingerprint density at radius 1 is 1.13 bits per heavy atom. The second-order valence-electron chi connectivity index (χ2n) is 6.75. The predicted molar refractivity (Wildman–Crippen MR) is 115 cm³/mol. The van der Waals surface area contributed by atoms with Crippen LogP contribution >= 0.6 is 11.8 Å². The van der Waals surface area contributed by atoms with Crippen LogP contribution in [0.4, 0.5) is 0 Å². The molecular formula is C23H19NO6S. The van der Waals surface area contributed by atoms with Crippen molar-refractivity contribution in [2.75, 3.05) is 7.11 Å². The van der Waals surface area contributed by atoms with E-state index in [-0.39, 0.29) is 6.61 Å². The summed E-state index contributed by atoms with van der Waals surface area (Å²) in [5.74, 6) is 1.35. The van der Waals surface area contributed by atoms with Crippen molar-refractivity contribution in [1.82, 2.24) is 5.16 Å². The Balaban J connectivity index is 1.51. The van der Waals surface area contributed by atoms with E-state index in [1.807, 2.05) is 25.1 Å². The maximum Gasteiger partial charge on any atom is 0.339 e. The molecule has 0 bridgehead atoms. The smallest absolute Gasteiger partial charge is 0.339 e. The molecule has 0 fully saturated rings. The highest BCUT2D eigenvalue weighted by atomic mass is 32.2. The molecule has 7 nitrogen and oxygen atoms in total. The molecule has 31 heavy (non-hydrogen) atoms. The lowest BCUT2D eigenvalue weighted by Crippen LogP contribution is -2.09. The zero-order chi connectivity index (χ0) is 21.8. The van der Waals surface area contributed by atoms with E-state index in [4.69, 9.17) is 18.4 Å². The summed E-state index contributed by atoms with van der Waals surface area (Å²) in [6, 6.07) is 15.5. The Morgan fingerprint density at radius 2 is 1.97 bits per heavy atom. The number of hydrogen-bond acceptors (Lipinski definition) is 8. The summed E-state index contributed by atoms with van der Waals surface area (Å²) in [7, 11) is 1.53. The molecule has 0 saturated carbocycles. The van der Waals surface area contributed by atoms with Gasteiger partial charge in [-0.25, -0.2) is 9.59 Å². The Bertz CT molecular complexity index is 1290. The quantitative estimate of drug-likeness (QED) is 0.232. The highest BCUT2D eigenvalue weighted by Crippen LogP contribution is 2.28. The number of carbonyl (C=O) groups excluding carboxylic acids is 1. The first-order valence-electron chi connectivity index (χ1n) is 9.45. The van der Waals surface area contributed by atoms with E-state index in [0.29, 0.717) is 33.6 Å². The van der Waals surface area contributed by atoms with Crippen molar-refractivity contribution in [3.63, 3.8) is 0 Å². The second-order valence-corrected chi connectivity index (χ2v) is 7.77. The number of benzene rings is 2. The fraction of sp³-hybridized carbons (Fsp3) is 0.174. The fourth-order valence-corrected chi connectivity index (χ4v) is 3.99. The Hall–Kier alpha value is -3.52. The van der Waals surface area contributed by atoms with Gasteiger partial charge in [0.25, 0.3) is 0 Å². The Morgan fingerprint density at radius 3 is 2.74 bits per heavy atom. The number of hydrogen-bond donors (Lipinski definition) is 0. The molecule has 0 saturated heterocycles. The molecular weight excluding hydrogens is 418 g/mol. The van der Waals surface area contributed by atoms with Crippen LogP contribution in [0.2, 0.25) is 0 Å². The highest BCUT2D eigenvalue weighted by molar-refractivity contribution is 7.98. The fourth-order valence-electron chi connectivity index (χ4n) is 3.07. The molecule has 2 heterocycles. The topological polar surface area (TPSA) is 91.8 Å². The average molecular weight is 437 g/mol. The van der Waals surface area contributed by atoms with Crippen LogP contribution in [0.1, 0.15) is 27.4 Å². The van der Waals surface area contributed by atoms with Crippen LogP contribution in [0.25, 0.3) is 11.0 Å². The molecule has 0 N–H and O–H groups in total. The zero-order valence-corrected chi connectivity index (χ0v) is 17.7. The molecule has 0 aliphatic heterocycles. The number of ether oxygens (including phenoxy) is 2. The van der Waals surface area contributed by atoms with Crippen molar-refractivity contribution in [1.29, 1.82) is 0 Å². The summed E-state index contributed by atoms with van der Waals surface area (Å²) < 4.78 is 21.2. The maximum absolute atomic E-state index is 12.8. The van der Waals surface area contributed by atoms with E-state index in [1.165, 1.54) is 24.9 Å². The van der Waals surface area contributed by atoms with E-state index in [0.717, 1.165) is 16.3 Å². The van der Waals surface area contributed by atoms with Crippen molar-refractivity contribution in [3.05, 3.63) is 87.6 Å². The number of fused-ring (bicyclic) bond motifs is 1. The lowest BCUT2D eigenvalue weighted by atomic mass is 10.1. The standard InChI is InChI=1S/C23H19NO6S/c1-14-9-17(30-24-14)13-31-21-6-4-3-5-19(21)23(26)28-12-15-10-22(25)29-20-11-16(27-2)7-8-18(15)20/h3-11H,12-13H2,1-2H3. The number of nitrogens with zero attached hydrogens (tertiary/aromatic N) is 1. The number of carbonyl (C=O) groups is 1. The van der Waals surface area contributed by atoms with Gasteiger partial charge in [-0.1, -0.05) is 17.3 Å². The summed E-state index contributed by atoms with van der Waals surface area (Å²) >= 11 is 1.46. The summed E-state index contributed by atoms with van der Waals surface area (Å²) in [6.07, 6.45) is 0. The normalized spacial score (nSPS) is 10.9. The van der Waals surface area contributed by atoms with Crippen molar-refractivity contribution < 1.29 is 23.2 Å². The van der Waals surface area contributed by atoms with Crippen LogP contribution in [-0.4, -0.2) is 18.2 Å². The summed E-state index contributed by atoms with van der Waals surface area (Å²) in [6.45, 7) is 1.79. The zero-order valence-electron chi connectivity index (χ0n) is 16.9. The molecule has 2 aromatic carbocycles. The molecule has 2 aromatic heterocycles. The summed E-state index contributed by atoms with van der Waals surface area (Å²) in [5, 5.41) is 4.55. The third-order valence-corrected chi connectivity index (χ3v) is 5.65. The molecule has 4 rings (SSSR count). The van der Waals surface area contributed by atoms with Crippen molar-refractivity contribution in [2.24, 2.45) is 0 Å². The van der Waals surface area contributed by atoms with Gasteiger partial charge < -0.3 is 18.4 Å². The van der Waals surface area contributed by atoms with Crippen LogP contribution in [0, 0.1) is 6.92 Å². The minimum absolute atomic E-state index is 0.0619. The van der Waals surface area contributed by atoms with E-state index in [9.17, 15) is 9.59 Å². The molecule has 0 radical (unpaired) electrons. The lowest BCUT2D eigenvalue weighted by Gasteiger charge is -2.10. The molecule has 0 aliphatic rings. The molecule has 0 aliphatic carbocycles. The van der Waals surface area contributed by atoms with Gasteiger partial charge in [-0.05, 0) is 31.2 Å². The van der Waals surface area contributed by atoms with Gasteiger partial charge in [0.2, 0.25) is 0 Å². The number of esters is 1. The van der Waals surface area contributed by atoms with Gasteiger partial charge in [-0.3, -0.25) is 0 Å². The molecule has 0 spiro atoms. The monoisotopic (exact) mass is 437 g/mol. The second kappa shape index (κ2) is 9.09. The number of aromatic nitrogens is 1. The van der Waals surface area contributed by atoms with E-state index in [2.05, 4.69) is 5.16 Å². The number of thioether (sulfide) groups is 1. The Kier molecular flexibility index (Phi) is 6.08. The third-order valence-electron chi connectivity index (χ3n) is 4.55. The average Bonchev–Trinajstić information content (AvgIpc) is 3.20. The van der Waals surface area contributed by atoms with Gasteiger partial charge in [0.05, 0.1) is 24.1 Å². The Labute approximate surface area is 181 Å². The van der Waals surface area contributed by atoms with Crippen molar-refractivity contribution in [3.8, 4) is 5.75 Å². The molecule has 158 valence electrons. The highest BCUT2D eigenvalue weighted by Gasteiger charge is 2.15. The van der Waals surface area contributed by atoms with Crippen LogP contribution in [0.3, 0.4) is 0 Å². The van der Waals surface area contributed by atoms with Gasteiger partial charge in [-0.15, -0.1) is 11.8 Å². The predicted octanol–water partition coefficient (Wildman–Crippen LogP) is 4.75. The van der Waals surface area contributed by atoms with Crippen LogP contribution in [-0.2, 0) is 17.1 Å². The van der Waals surface area contributed by atoms with Gasteiger partial charge in [0, 0.05) is 34.0 Å². The lowest BCUT2D eigenvalue weighted by molar-refractivity contribution is 0.0469. The molecule has 8 heteroatoms. The SMILES string of the molecule is COc1ccc2c(COC(=O)c3ccccc3SCc3cc(C)no3)cc(=O)oc2c1. The molecule has 0 atom stereocenters. The van der Waals surface area contributed by atoms with Crippen LogP contribution < -0.4 is 10.4 Å². The van der Waals surface area contributed by atoms with Gasteiger partial charge in [0.1, 0.15) is 23.7 Å². The number of methoxy groups -OCH3 is 1. The van der Waals surface area contributed by atoms with Crippen LogP contribution in [0.15, 0.2) is 73.2 Å². The van der Waals surface area contributed by atoms with E-state index in [1.54, 1.807) is 30.3 Å². The van der Waals surface area contributed by atoms with E-state index < -0.39 is 11.6 Å². The molecule has 0 amide bonds. The first kappa shape index (κ1) is 20.7. The molecule has 0 unspecified atom stereocenters. The number of rotatable bonds is 7. The number of aryl methyl sites for hydroxylation is 1. The summed E-state index contributed by atoms with van der Waals surface area (Å²) in [5.41, 5.74) is 1.66. The van der Waals surface area contributed by atoms with Gasteiger partial charge >= 0.3 is 11.6 Å². The first-order valence-corrected chi connectivity index (χ1v) is 10.4.